The van der Waals surface area contributed by atoms with Gasteiger partial charge in [-0.3, -0.25) is 5.43 Å². The smallest absolute Gasteiger partial charge is 0.203 e. The molecule has 0 saturated carbocycles. The van der Waals surface area contributed by atoms with Crippen molar-refractivity contribution in [2.45, 2.75) is 0 Å². The Bertz CT molecular complexity index is 881. The summed E-state index contributed by atoms with van der Waals surface area (Å²) in [5.74, 6) is 1.26. The lowest BCUT2D eigenvalue weighted by Crippen LogP contribution is -1.97. The van der Waals surface area contributed by atoms with Gasteiger partial charge in [0.2, 0.25) is 5.13 Å². The van der Waals surface area contributed by atoms with Gasteiger partial charge in [-0.15, -0.1) is 11.3 Å². The van der Waals surface area contributed by atoms with E-state index in [0.29, 0.717) is 11.5 Å². The van der Waals surface area contributed by atoms with Crippen LogP contribution in [0.25, 0.3) is 11.3 Å². The Hall–Kier alpha value is -2.38. The van der Waals surface area contributed by atoms with Gasteiger partial charge in [0.15, 0.2) is 11.5 Å². The number of nitrogens with one attached hydrogen (secondary N) is 1. The topological polar surface area (TPSA) is 55.7 Å². The first-order valence-corrected chi connectivity index (χ1v) is 9.10. The van der Waals surface area contributed by atoms with Gasteiger partial charge in [0.25, 0.3) is 0 Å². The fraction of sp³-hybridized carbons (Fsp3) is 0.111. The minimum Gasteiger partial charge on any atom is -0.493 e. The van der Waals surface area contributed by atoms with Gasteiger partial charge in [-0.2, -0.15) is 5.10 Å². The van der Waals surface area contributed by atoms with Crippen LogP contribution < -0.4 is 14.9 Å². The van der Waals surface area contributed by atoms with Crippen LogP contribution in [-0.2, 0) is 0 Å². The number of ether oxygens (including phenoxy) is 2. The van der Waals surface area contributed by atoms with E-state index in [1.165, 1.54) is 11.3 Å². The van der Waals surface area contributed by atoms with Gasteiger partial charge < -0.3 is 9.47 Å². The predicted molar refractivity (Wildman–Crippen MR) is 106 cm³/mol. The fourth-order valence-corrected chi connectivity index (χ4v) is 3.40. The quantitative estimate of drug-likeness (QED) is 0.450. The van der Waals surface area contributed by atoms with Crippen LogP contribution in [0.2, 0.25) is 0 Å². The lowest BCUT2D eigenvalue weighted by Gasteiger charge is -2.10. The summed E-state index contributed by atoms with van der Waals surface area (Å²) in [5.41, 5.74) is 5.75. The number of benzene rings is 2. The van der Waals surface area contributed by atoms with Gasteiger partial charge in [0.05, 0.1) is 26.1 Å². The average Bonchev–Trinajstić information content (AvgIpc) is 3.11. The summed E-state index contributed by atoms with van der Waals surface area (Å²) >= 11 is 4.95. The van der Waals surface area contributed by atoms with E-state index in [9.17, 15) is 0 Å². The van der Waals surface area contributed by atoms with E-state index < -0.39 is 0 Å². The van der Waals surface area contributed by atoms with Crippen LogP contribution >= 0.6 is 27.3 Å². The molecule has 2 aromatic carbocycles. The van der Waals surface area contributed by atoms with Gasteiger partial charge in [0.1, 0.15) is 0 Å². The summed E-state index contributed by atoms with van der Waals surface area (Å²) in [7, 11) is 3.20. The molecule has 7 heteroatoms. The highest BCUT2D eigenvalue weighted by molar-refractivity contribution is 9.10. The third-order valence-corrected chi connectivity index (χ3v) is 4.61. The lowest BCUT2D eigenvalue weighted by molar-refractivity contribution is 0.354. The molecule has 0 bridgehead atoms. The maximum Gasteiger partial charge on any atom is 0.203 e. The van der Waals surface area contributed by atoms with E-state index in [0.717, 1.165) is 26.4 Å². The molecular weight excluding hydrogens is 402 g/mol. The minimum absolute atomic E-state index is 0.625. The molecule has 1 aromatic heterocycles. The molecule has 0 fully saturated rings. The van der Waals surface area contributed by atoms with E-state index in [4.69, 9.17) is 9.47 Å². The van der Waals surface area contributed by atoms with Crippen molar-refractivity contribution in [3.8, 4) is 22.8 Å². The highest BCUT2D eigenvalue weighted by atomic mass is 79.9. The van der Waals surface area contributed by atoms with Crippen molar-refractivity contribution in [3.05, 3.63) is 57.9 Å². The predicted octanol–water partition coefficient (Wildman–Crippen LogP) is 5.04. The summed E-state index contributed by atoms with van der Waals surface area (Å²) in [6.45, 7) is 0. The highest BCUT2D eigenvalue weighted by Crippen LogP contribution is 2.33. The molecule has 0 spiro atoms. The first-order chi connectivity index (χ1) is 12.2. The number of anilines is 1. The summed E-state index contributed by atoms with van der Waals surface area (Å²) < 4.78 is 11.6. The van der Waals surface area contributed by atoms with Crippen LogP contribution in [0.5, 0.6) is 11.5 Å². The molecule has 0 aliphatic carbocycles. The molecule has 5 nitrogen and oxygen atoms in total. The van der Waals surface area contributed by atoms with Gasteiger partial charge in [-0.1, -0.05) is 46.3 Å². The summed E-state index contributed by atoms with van der Waals surface area (Å²) in [6.07, 6.45) is 1.68. The molecular formula is C18H16BrN3O2S. The second kappa shape index (κ2) is 8.13. The number of hydrazone groups is 1. The molecule has 1 heterocycles. The number of hydrogen-bond donors (Lipinski definition) is 1. The summed E-state index contributed by atoms with van der Waals surface area (Å²) in [6, 6.07) is 13.8. The van der Waals surface area contributed by atoms with Gasteiger partial charge in [0, 0.05) is 21.0 Å². The molecule has 3 aromatic rings. The average molecular weight is 418 g/mol. The fourth-order valence-electron chi connectivity index (χ4n) is 2.28. The van der Waals surface area contributed by atoms with Gasteiger partial charge in [-0.05, 0) is 12.1 Å². The van der Waals surface area contributed by atoms with Crippen molar-refractivity contribution in [2.24, 2.45) is 5.10 Å². The van der Waals surface area contributed by atoms with Crippen LogP contribution in [0.3, 0.4) is 0 Å². The SMILES string of the molecule is COc1cc(Br)cc(/C=N\Nc2nc(-c3ccccc3)cs2)c1OC. The van der Waals surface area contributed by atoms with E-state index in [1.54, 1.807) is 20.4 Å². The minimum atomic E-state index is 0.625. The second-order valence-corrected chi connectivity index (χ2v) is 6.78. The monoisotopic (exact) mass is 417 g/mol. The van der Waals surface area contributed by atoms with Crippen LogP contribution in [0.4, 0.5) is 5.13 Å². The molecule has 0 unspecified atom stereocenters. The molecule has 0 aliphatic rings. The van der Waals surface area contributed by atoms with E-state index in [-0.39, 0.29) is 0 Å². The molecule has 1 N–H and O–H groups in total. The Labute approximate surface area is 158 Å². The van der Waals surface area contributed by atoms with Crippen LogP contribution in [-0.4, -0.2) is 25.4 Å². The number of hydrogen-bond acceptors (Lipinski definition) is 6. The van der Waals surface area contributed by atoms with Crippen molar-refractivity contribution in [1.29, 1.82) is 0 Å². The number of aromatic nitrogens is 1. The first kappa shape index (κ1) is 17.4. The van der Waals surface area contributed by atoms with E-state index >= 15 is 0 Å². The Morgan fingerprint density at radius 2 is 1.96 bits per heavy atom. The Morgan fingerprint density at radius 1 is 1.16 bits per heavy atom. The van der Waals surface area contributed by atoms with Crippen LogP contribution in [0.15, 0.2) is 57.4 Å². The van der Waals surface area contributed by atoms with Crippen LogP contribution in [0, 0.1) is 0 Å². The van der Waals surface area contributed by atoms with Crippen molar-refractivity contribution in [3.63, 3.8) is 0 Å². The maximum absolute atomic E-state index is 5.41. The summed E-state index contributed by atoms with van der Waals surface area (Å²) in [4.78, 5) is 4.53. The molecule has 0 radical (unpaired) electrons. The van der Waals surface area contributed by atoms with Crippen LogP contribution in [0.1, 0.15) is 5.56 Å². The van der Waals surface area contributed by atoms with Gasteiger partial charge in [-0.25, -0.2) is 4.98 Å². The molecule has 0 amide bonds. The molecule has 128 valence electrons. The van der Waals surface area contributed by atoms with E-state index in [2.05, 4.69) is 31.4 Å². The van der Waals surface area contributed by atoms with Crippen molar-refractivity contribution >= 4 is 38.6 Å². The maximum atomic E-state index is 5.41. The zero-order valence-corrected chi connectivity index (χ0v) is 16.1. The first-order valence-electron chi connectivity index (χ1n) is 7.43. The van der Waals surface area contributed by atoms with Crippen molar-refractivity contribution in [2.75, 3.05) is 19.6 Å². The zero-order valence-electron chi connectivity index (χ0n) is 13.7. The number of thiazole rings is 1. The van der Waals surface area contributed by atoms with Gasteiger partial charge >= 0.3 is 0 Å². The Morgan fingerprint density at radius 3 is 2.68 bits per heavy atom. The molecule has 0 saturated heterocycles. The van der Waals surface area contributed by atoms with E-state index in [1.807, 2.05) is 47.8 Å². The highest BCUT2D eigenvalue weighted by Gasteiger charge is 2.10. The largest absolute Gasteiger partial charge is 0.493 e. The number of nitrogens with zero attached hydrogens (tertiary/aromatic N) is 2. The molecule has 0 atom stereocenters. The molecule has 3 rings (SSSR count). The third-order valence-electron chi connectivity index (χ3n) is 3.41. The summed E-state index contributed by atoms with van der Waals surface area (Å²) in [5, 5.41) is 6.97. The van der Waals surface area contributed by atoms with Crippen molar-refractivity contribution in [1.82, 2.24) is 4.98 Å². The number of rotatable bonds is 6. The second-order valence-electron chi connectivity index (χ2n) is 5.00. The molecule has 25 heavy (non-hydrogen) atoms. The molecule has 0 aliphatic heterocycles. The lowest BCUT2D eigenvalue weighted by atomic mass is 10.2. The normalized spacial score (nSPS) is 10.8. The standard InChI is InChI=1S/C18H16BrN3O2S/c1-23-16-9-14(19)8-13(17(16)24-2)10-20-22-18-21-15(11-25-18)12-6-4-3-5-7-12/h3-11H,1-2H3,(H,21,22)/b20-10-. The zero-order chi connectivity index (χ0) is 17.6. The number of halogens is 1. The number of methoxy groups -OCH3 is 2. The van der Waals surface area contributed by atoms with Crippen molar-refractivity contribution < 1.29 is 9.47 Å². The Kier molecular flexibility index (Phi) is 5.67. The third kappa shape index (κ3) is 4.18. The Balaban J connectivity index is 1.76.